The van der Waals surface area contributed by atoms with Crippen molar-refractivity contribution in [1.29, 1.82) is 0 Å². The molecule has 3 aliphatic rings. The van der Waals surface area contributed by atoms with Crippen LogP contribution in [0.25, 0.3) is 10.8 Å². The summed E-state index contributed by atoms with van der Waals surface area (Å²) >= 11 is 0. The van der Waals surface area contributed by atoms with Crippen LogP contribution in [-0.2, 0) is 29.1 Å². The fourth-order valence-corrected chi connectivity index (χ4v) is 7.48. The summed E-state index contributed by atoms with van der Waals surface area (Å²) in [4.78, 5) is 60.7. The molecule has 2 heterocycles. The second-order valence-corrected chi connectivity index (χ2v) is 17.1. The predicted octanol–water partition coefficient (Wildman–Crippen LogP) is 3.22. The van der Waals surface area contributed by atoms with E-state index in [-0.39, 0.29) is 19.4 Å². The van der Waals surface area contributed by atoms with E-state index in [0.29, 0.717) is 18.7 Å². The first kappa shape index (κ1) is 35.1. The van der Waals surface area contributed by atoms with Gasteiger partial charge in [0.05, 0.1) is 5.25 Å². The van der Waals surface area contributed by atoms with Crippen molar-refractivity contribution in [1.82, 2.24) is 25.2 Å². The van der Waals surface area contributed by atoms with E-state index in [2.05, 4.69) is 32.2 Å². The Labute approximate surface area is 281 Å². The third kappa shape index (κ3) is 7.58. The average Bonchev–Trinajstić information content (AvgIpc) is 3.91. The summed E-state index contributed by atoms with van der Waals surface area (Å²) in [5.74, 6) is -1.86. The molecule has 0 bridgehead atoms. The quantitative estimate of drug-likeness (QED) is 0.274. The Kier molecular flexibility index (Phi) is 9.28. The van der Waals surface area contributed by atoms with E-state index < -0.39 is 79.7 Å². The Morgan fingerprint density at radius 1 is 1.08 bits per heavy atom. The number of carbonyl (C=O) groups excluding carboxylic acids is 4. The number of sulfonamides is 1. The number of hydrogen-bond acceptors (Lipinski definition) is 9. The number of hydrogen-bond donors (Lipinski definition) is 4. The molecule has 0 radical (unpaired) electrons. The Balaban J connectivity index is 1.43. The van der Waals surface area contributed by atoms with Crippen LogP contribution < -0.4 is 20.7 Å². The smallest absolute Gasteiger partial charge is 0.408 e. The number of rotatable bonds is 10. The van der Waals surface area contributed by atoms with Crippen LogP contribution in [0.2, 0.25) is 0 Å². The van der Waals surface area contributed by atoms with Gasteiger partial charge in [0.2, 0.25) is 21.8 Å². The van der Waals surface area contributed by atoms with Crippen LogP contribution in [0, 0.1) is 11.3 Å². The lowest BCUT2D eigenvalue weighted by Gasteiger charge is -2.36. The zero-order valence-corrected chi connectivity index (χ0v) is 29.1. The molecule has 260 valence electrons. The van der Waals surface area contributed by atoms with Gasteiger partial charge in [-0.15, -0.1) is 6.58 Å². The third-order valence-electron chi connectivity index (χ3n) is 8.92. The normalized spacial score (nSPS) is 24.7. The van der Waals surface area contributed by atoms with Gasteiger partial charge in [-0.3, -0.25) is 19.1 Å². The number of nitrogens with one attached hydrogen (secondary N) is 4. The molecule has 2 aromatic rings. The molecular weight excluding hydrogens is 636 g/mol. The van der Waals surface area contributed by atoms with E-state index in [1.54, 1.807) is 47.7 Å². The zero-order valence-electron chi connectivity index (χ0n) is 28.3. The minimum atomic E-state index is -3.87. The second-order valence-electron chi connectivity index (χ2n) is 15.1. The molecule has 1 aromatic heterocycles. The lowest BCUT2D eigenvalue weighted by Crippen LogP contribution is -2.60. The summed E-state index contributed by atoms with van der Waals surface area (Å²) in [5, 5.41) is 10.1. The van der Waals surface area contributed by atoms with Gasteiger partial charge in [-0.05, 0) is 63.3 Å². The second kappa shape index (κ2) is 12.7. The highest BCUT2D eigenvalue weighted by Crippen LogP contribution is 2.45. The number of fused-ring (bicyclic) bond motifs is 1. The number of carbonyl (C=O) groups is 4. The largest absolute Gasteiger partial charge is 0.444 e. The van der Waals surface area contributed by atoms with Crippen molar-refractivity contribution < 1.29 is 32.3 Å². The first-order valence-electron chi connectivity index (χ1n) is 16.3. The maximum Gasteiger partial charge on any atom is 0.408 e. The van der Waals surface area contributed by atoms with Gasteiger partial charge in [0.25, 0.3) is 5.91 Å². The van der Waals surface area contributed by atoms with Crippen molar-refractivity contribution in [2.45, 2.75) is 102 Å². The maximum atomic E-state index is 14.4. The van der Waals surface area contributed by atoms with E-state index >= 15 is 0 Å². The number of amides is 4. The van der Waals surface area contributed by atoms with E-state index in [9.17, 15) is 27.6 Å². The highest BCUT2D eigenvalue weighted by molar-refractivity contribution is 7.91. The molecule has 1 aliphatic heterocycles. The highest BCUT2D eigenvalue weighted by atomic mass is 32.2. The number of benzene rings is 1. The Hall–Kier alpha value is -4.20. The van der Waals surface area contributed by atoms with Gasteiger partial charge in [-0.2, -0.15) is 0 Å². The molecule has 3 fully saturated rings. The molecule has 5 rings (SSSR count). The van der Waals surface area contributed by atoms with Crippen molar-refractivity contribution >= 4 is 50.4 Å². The van der Waals surface area contributed by atoms with Gasteiger partial charge in [0.1, 0.15) is 29.0 Å². The topological polar surface area (TPSA) is 176 Å². The number of anilines is 1. The summed E-state index contributed by atoms with van der Waals surface area (Å²) in [6.45, 7) is 14.4. The number of aromatic nitrogens is 1. The lowest BCUT2D eigenvalue weighted by molar-refractivity contribution is -0.142. The molecule has 2 aliphatic carbocycles. The van der Waals surface area contributed by atoms with Crippen molar-refractivity contribution in [2.24, 2.45) is 11.3 Å². The van der Waals surface area contributed by atoms with E-state index in [1.807, 2.05) is 30.3 Å². The molecule has 14 heteroatoms. The monoisotopic (exact) mass is 682 g/mol. The van der Waals surface area contributed by atoms with E-state index in [4.69, 9.17) is 4.74 Å². The summed E-state index contributed by atoms with van der Waals surface area (Å²) < 4.78 is 32.9. The molecule has 5 atom stereocenters. The lowest BCUT2D eigenvalue weighted by atomic mass is 9.85. The van der Waals surface area contributed by atoms with Crippen LogP contribution in [0.1, 0.15) is 67.2 Å². The van der Waals surface area contributed by atoms with E-state index in [0.717, 1.165) is 10.8 Å². The number of likely N-dealkylation sites (tertiary alicyclic amines) is 1. The van der Waals surface area contributed by atoms with Crippen LogP contribution in [0.3, 0.4) is 0 Å². The van der Waals surface area contributed by atoms with Crippen molar-refractivity contribution in [3.05, 3.63) is 49.2 Å². The fraction of sp³-hybridized carbons (Fsp3) is 0.559. The first-order chi connectivity index (χ1) is 22.3. The number of nitrogens with zero attached hydrogens (tertiary/aromatic N) is 2. The van der Waals surface area contributed by atoms with Crippen LogP contribution in [0.5, 0.6) is 0 Å². The number of alkyl carbamates (subject to hydrolysis) is 1. The predicted molar refractivity (Wildman–Crippen MR) is 181 cm³/mol. The van der Waals surface area contributed by atoms with Crippen LogP contribution >= 0.6 is 0 Å². The third-order valence-corrected chi connectivity index (χ3v) is 10.7. The molecule has 4 N–H and O–H groups in total. The van der Waals surface area contributed by atoms with Crippen LogP contribution in [-0.4, -0.2) is 83.2 Å². The van der Waals surface area contributed by atoms with Gasteiger partial charge in [-0.25, -0.2) is 18.2 Å². The molecule has 0 spiro atoms. The number of ether oxygens (including phenoxy) is 1. The van der Waals surface area contributed by atoms with Crippen LogP contribution in [0.15, 0.2) is 49.2 Å². The zero-order chi connectivity index (χ0) is 35.2. The van der Waals surface area contributed by atoms with Crippen LogP contribution in [0.4, 0.5) is 10.6 Å². The molecule has 5 unspecified atom stereocenters. The first-order valence-corrected chi connectivity index (χ1v) is 17.8. The van der Waals surface area contributed by atoms with Gasteiger partial charge in [-0.1, -0.05) is 51.1 Å². The van der Waals surface area contributed by atoms with Gasteiger partial charge in [0.15, 0.2) is 0 Å². The molecule has 48 heavy (non-hydrogen) atoms. The molecule has 1 saturated heterocycles. The molecule has 13 nitrogen and oxygen atoms in total. The van der Waals surface area contributed by atoms with Crippen molar-refractivity contribution in [2.75, 3.05) is 11.9 Å². The summed E-state index contributed by atoms with van der Waals surface area (Å²) in [6.07, 6.45) is 3.68. The SMILES string of the molecule is C=CC1CC1(NC(=O)C1CC(Nc2nccc3ccccc23)CN1C(=O)C(NC(=O)OC(C)(C)C)C(C)(C)C)C(=O)NS(=O)(=O)C1CC1. The Bertz CT molecular complexity index is 1720. The molecular formula is C34H46N6O7S. The molecule has 4 amide bonds. The Morgan fingerprint density at radius 2 is 1.77 bits per heavy atom. The molecule has 2 saturated carbocycles. The van der Waals surface area contributed by atoms with Crippen molar-refractivity contribution in [3.63, 3.8) is 0 Å². The highest BCUT2D eigenvalue weighted by Gasteiger charge is 2.62. The fourth-order valence-electron chi connectivity index (χ4n) is 6.12. The maximum absolute atomic E-state index is 14.4. The van der Waals surface area contributed by atoms with Gasteiger partial charge >= 0.3 is 6.09 Å². The average molecular weight is 683 g/mol. The minimum Gasteiger partial charge on any atom is -0.444 e. The van der Waals surface area contributed by atoms with E-state index in [1.165, 1.54) is 11.0 Å². The summed E-state index contributed by atoms with van der Waals surface area (Å²) in [7, 11) is -3.87. The minimum absolute atomic E-state index is 0.0878. The van der Waals surface area contributed by atoms with Gasteiger partial charge < -0.3 is 25.6 Å². The van der Waals surface area contributed by atoms with Crippen molar-refractivity contribution in [3.8, 4) is 0 Å². The summed E-state index contributed by atoms with van der Waals surface area (Å²) in [5.41, 5.74) is -3.10. The standard InChI is InChI=1S/C34H46N6O7S/c1-8-21-18-34(21,30(43)39-48(45,46)23-13-14-23)38-28(41)25-17-22(36-27-24-12-10-9-11-20(24)15-16-35-27)19-40(25)29(42)26(32(2,3)4)37-31(44)47-33(5,6)7/h8-12,15-16,21-23,25-26H,1,13-14,17-19H2,2-7H3,(H,35,36)(H,37,44)(H,38,41)(H,39,43). The van der Waals surface area contributed by atoms with Gasteiger partial charge in [0, 0.05) is 30.1 Å². The Morgan fingerprint density at radius 3 is 2.38 bits per heavy atom. The number of pyridine rings is 1. The summed E-state index contributed by atoms with van der Waals surface area (Å²) in [6, 6.07) is 7.02. The molecule has 1 aromatic carbocycles.